The molecule has 2 heterocycles. The van der Waals surface area contributed by atoms with E-state index in [2.05, 4.69) is 16.3 Å². The average molecular weight is 426 g/mol. The highest BCUT2D eigenvalue weighted by molar-refractivity contribution is 6.00. The topological polar surface area (TPSA) is 105 Å². The molecule has 0 saturated carbocycles. The largest absolute Gasteiger partial charge is 0.444 e. The summed E-state index contributed by atoms with van der Waals surface area (Å²) in [7, 11) is 0. The van der Waals surface area contributed by atoms with E-state index in [4.69, 9.17) is 10.5 Å². The zero-order chi connectivity index (χ0) is 22.2. The summed E-state index contributed by atoms with van der Waals surface area (Å²) in [6, 6.07) is 17.9. The number of nitrogens with zero attached hydrogens (tertiary/aromatic N) is 2. The molecule has 0 unspecified atom stereocenters. The monoisotopic (exact) mass is 426 g/mol. The summed E-state index contributed by atoms with van der Waals surface area (Å²) in [6.07, 6.45) is 2.40. The lowest BCUT2D eigenvalue weighted by Crippen LogP contribution is -2.30. The number of nitrogens with one attached hydrogen (secondary N) is 1. The van der Waals surface area contributed by atoms with Crippen LogP contribution in [0, 0.1) is 17.1 Å². The fourth-order valence-electron chi connectivity index (χ4n) is 4.54. The fourth-order valence-corrected chi connectivity index (χ4v) is 4.54. The Morgan fingerprint density at radius 3 is 2.59 bits per heavy atom. The summed E-state index contributed by atoms with van der Waals surface area (Å²) < 4.78 is 19.3. The Kier molecular flexibility index (Phi) is 4.83. The number of H-pyrrole nitrogens is 1. The van der Waals surface area contributed by atoms with Crippen LogP contribution in [-0.2, 0) is 9.53 Å². The highest BCUT2D eigenvalue weighted by Crippen LogP contribution is 2.48. The SMILES string of the molecule is N#CC1=C(N)OC2=C(C(=O)C[C@@H](c3ccccc3)C2)[C@H]1c1cn[nH]c1-c1ccc(F)cc1. The lowest BCUT2D eigenvalue weighted by molar-refractivity contribution is -0.117. The molecule has 5 rings (SSSR count). The van der Waals surface area contributed by atoms with Gasteiger partial charge in [0.25, 0.3) is 0 Å². The number of nitrogens with two attached hydrogens (primary N) is 1. The molecule has 0 spiro atoms. The predicted molar refractivity (Wildman–Crippen MR) is 115 cm³/mol. The van der Waals surface area contributed by atoms with Crippen LogP contribution in [-0.4, -0.2) is 16.0 Å². The van der Waals surface area contributed by atoms with Crippen molar-refractivity contribution in [1.82, 2.24) is 10.2 Å². The summed E-state index contributed by atoms with van der Waals surface area (Å²) in [5.74, 6) is -0.696. The molecule has 3 aromatic rings. The van der Waals surface area contributed by atoms with Crippen molar-refractivity contribution in [3.8, 4) is 17.3 Å². The standard InChI is InChI=1S/C25H19FN4O2/c26-17-8-6-15(7-9-17)24-19(13-29-30-24)22-18(12-27)25(28)32-21-11-16(10-20(31)23(21)22)14-4-2-1-3-5-14/h1-9,13,16,22H,10-11,28H2,(H,29,30)/t16-,22-/m1/s1. The number of rotatable bonds is 3. The molecule has 2 aromatic carbocycles. The molecule has 0 radical (unpaired) electrons. The number of carbonyl (C=O) groups excluding carboxylic acids is 1. The van der Waals surface area contributed by atoms with E-state index < -0.39 is 5.92 Å². The van der Waals surface area contributed by atoms with Gasteiger partial charge in [0.1, 0.15) is 23.2 Å². The van der Waals surface area contributed by atoms with Crippen LogP contribution in [0.15, 0.2) is 83.6 Å². The summed E-state index contributed by atoms with van der Waals surface area (Å²) in [5.41, 5.74) is 9.71. The highest BCUT2D eigenvalue weighted by Gasteiger charge is 2.42. The van der Waals surface area contributed by atoms with Gasteiger partial charge >= 0.3 is 0 Å². The quantitative estimate of drug-likeness (QED) is 0.645. The zero-order valence-electron chi connectivity index (χ0n) is 17.0. The molecule has 3 N–H and O–H groups in total. The van der Waals surface area contributed by atoms with Crippen molar-refractivity contribution in [2.24, 2.45) is 5.73 Å². The minimum atomic E-state index is -0.702. The molecule has 0 amide bonds. The maximum atomic E-state index is 13.4. The van der Waals surface area contributed by atoms with Crippen molar-refractivity contribution in [3.05, 3.63) is 101 Å². The molecule has 7 heteroatoms. The van der Waals surface area contributed by atoms with E-state index in [1.54, 1.807) is 18.3 Å². The molecule has 0 saturated heterocycles. The normalized spacial score (nSPS) is 20.6. The zero-order valence-corrected chi connectivity index (χ0v) is 17.0. The maximum absolute atomic E-state index is 13.4. The van der Waals surface area contributed by atoms with Crippen LogP contribution in [0.2, 0.25) is 0 Å². The van der Waals surface area contributed by atoms with Gasteiger partial charge in [-0.3, -0.25) is 9.89 Å². The number of aromatic nitrogens is 2. The minimum absolute atomic E-state index is 0.0102. The third-order valence-electron chi connectivity index (χ3n) is 6.04. The van der Waals surface area contributed by atoms with Crippen LogP contribution < -0.4 is 5.73 Å². The van der Waals surface area contributed by atoms with Gasteiger partial charge in [-0.1, -0.05) is 30.3 Å². The Morgan fingerprint density at radius 1 is 1.12 bits per heavy atom. The average Bonchev–Trinajstić information content (AvgIpc) is 3.28. The fraction of sp³-hybridized carbons (Fsp3) is 0.160. The highest BCUT2D eigenvalue weighted by atomic mass is 19.1. The summed E-state index contributed by atoms with van der Waals surface area (Å²) in [5, 5.41) is 16.9. The van der Waals surface area contributed by atoms with E-state index in [9.17, 15) is 14.4 Å². The number of Topliss-reactive ketones (excluding diaryl/α,β-unsaturated/α-hetero) is 1. The van der Waals surface area contributed by atoms with Crippen molar-refractivity contribution in [3.63, 3.8) is 0 Å². The number of carbonyl (C=O) groups is 1. The van der Waals surface area contributed by atoms with Gasteiger partial charge in [-0.2, -0.15) is 10.4 Å². The molecular weight excluding hydrogens is 407 g/mol. The Hall–Kier alpha value is -4.18. The Labute approximate surface area is 183 Å². The molecule has 2 atom stereocenters. The summed E-state index contributed by atoms with van der Waals surface area (Å²) in [6.45, 7) is 0. The number of ether oxygens (including phenoxy) is 1. The predicted octanol–water partition coefficient (Wildman–Crippen LogP) is 4.42. The second-order valence-electron chi connectivity index (χ2n) is 7.91. The van der Waals surface area contributed by atoms with E-state index in [0.717, 1.165) is 5.56 Å². The van der Waals surface area contributed by atoms with Gasteiger partial charge in [0.05, 0.1) is 17.8 Å². The number of benzene rings is 2. The molecule has 2 aliphatic rings. The van der Waals surface area contributed by atoms with Crippen LogP contribution in [0.5, 0.6) is 0 Å². The lowest BCUT2D eigenvalue weighted by Gasteiger charge is -2.34. The Balaban J connectivity index is 1.62. The summed E-state index contributed by atoms with van der Waals surface area (Å²) >= 11 is 0. The van der Waals surface area contributed by atoms with Crippen LogP contribution in [0.25, 0.3) is 11.3 Å². The molecule has 0 fully saturated rings. The van der Waals surface area contributed by atoms with Gasteiger partial charge in [-0.25, -0.2) is 4.39 Å². The van der Waals surface area contributed by atoms with Crippen molar-refractivity contribution in [2.75, 3.05) is 0 Å². The number of allylic oxidation sites excluding steroid dienone is 3. The van der Waals surface area contributed by atoms with Crippen LogP contribution in [0.3, 0.4) is 0 Å². The van der Waals surface area contributed by atoms with Gasteiger partial charge < -0.3 is 10.5 Å². The van der Waals surface area contributed by atoms with Gasteiger partial charge in [0, 0.05) is 29.5 Å². The van der Waals surface area contributed by atoms with Crippen molar-refractivity contribution in [2.45, 2.75) is 24.7 Å². The second-order valence-corrected chi connectivity index (χ2v) is 7.91. The van der Waals surface area contributed by atoms with E-state index >= 15 is 0 Å². The Bertz CT molecular complexity index is 1300. The maximum Gasteiger partial charge on any atom is 0.205 e. The first kappa shape index (κ1) is 19.8. The van der Waals surface area contributed by atoms with Crippen molar-refractivity contribution in [1.29, 1.82) is 5.26 Å². The number of hydrogen-bond acceptors (Lipinski definition) is 5. The smallest absolute Gasteiger partial charge is 0.205 e. The van der Waals surface area contributed by atoms with Gasteiger partial charge in [0.15, 0.2) is 5.78 Å². The molecule has 6 nitrogen and oxygen atoms in total. The van der Waals surface area contributed by atoms with E-state index in [0.29, 0.717) is 41.0 Å². The number of ketones is 1. The van der Waals surface area contributed by atoms with Crippen molar-refractivity contribution < 1.29 is 13.9 Å². The first-order chi connectivity index (χ1) is 15.6. The molecule has 32 heavy (non-hydrogen) atoms. The van der Waals surface area contributed by atoms with E-state index in [1.807, 2.05) is 30.3 Å². The van der Waals surface area contributed by atoms with Gasteiger partial charge in [0.2, 0.25) is 5.88 Å². The number of halogens is 1. The Morgan fingerprint density at radius 2 is 1.88 bits per heavy atom. The molecule has 0 bridgehead atoms. The molecule has 1 aliphatic carbocycles. The van der Waals surface area contributed by atoms with Crippen LogP contribution in [0.4, 0.5) is 4.39 Å². The summed E-state index contributed by atoms with van der Waals surface area (Å²) in [4.78, 5) is 13.4. The van der Waals surface area contributed by atoms with Crippen LogP contribution >= 0.6 is 0 Å². The second kappa shape index (κ2) is 7.82. The number of aromatic amines is 1. The third-order valence-corrected chi connectivity index (χ3v) is 6.04. The number of hydrogen-bond donors (Lipinski definition) is 2. The third kappa shape index (κ3) is 3.26. The van der Waals surface area contributed by atoms with Gasteiger partial charge in [-0.15, -0.1) is 0 Å². The van der Waals surface area contributed by atoms with Crippen LogP contribution in [0.1, 0.15) is 35.8 Å². The molecule has 1 aromatic heterocycles. The first-order valence-electron chi connectivity index (χ1n) is 10.2. The molecule has 158 valence electrons. The van der Waals surface area contributed by atoms with Crippen molar-refractivity contribution >= 4 is 5.78 Å². The van der Waals surface area contributed by atoms with E-state index in [1.165, 1.54) is 12.1 Å². The van der Waals surface area contributed by atoms with Gasteiger partial charge in [-0.05, 0) is 35.7 Å². The molecule has 1 aliphatic heterocycles. The minimum Gasteiger partial charge on any atom is -0.444 e. The lowest BCUT2D eigenvalue weighted by atomic mass is 9.73. The first-order valence-corrected chi connectivity index (χ1v) is 10.2. The molecular formula is C25H19FN4O2. The van der Waals surface area contributed by atoms with E-state index in [-0.39, 0.29) is 29.0 Å². The number of nitriles is 1.